The number of carbonyl (C=O) groups is 2. The molecule has 0 rings (SSSR count). The van der Waals surface area contributed by atoms with E-state index in [-0.39, 0.29) is 26.1 Å². The van der Waals surface area contributed by atoms with Crippen molar-refractivity contribution in [2.75, 3.05) is 47.5 Å². The summed E-state index contributed by atoms with van der Waals surface area (Å²) in [5.74, 6) is -1.01. The molecule has 2 unspecified atom stereocenters. The summed E-state index contributed by atoms with van der Waals surface area (Å²) in [5.41, 5.74) is 0. The molecule has 0 radical (unpaired) electrons. The standard InChI is InChI=1S/C44H70NO8P/c1-6-8-10-12-14-16-18-20-22-24-26-28-30-32-34-36-43(46)50-40-42(41-52-54(48,49)51-39-38-45(3,4)5)53-44(47)37-35-33-31-29-27-25-23-21-19-17-15-13-11-9-7-2/h8-11,14-17,20-23,26-29,33,35,42H,6-7,12-13,18-19,24-25,30-32,34,36-41H2,1-5H3/p+1/b10-8-,11-9-,16-14-,17-15-,22-20-,23-21-,28-26-,29-27-,35-33-. The minimum Gasteiger partial charge on any atom is -0.462 e. The Morgan fingerprint density at radius 2 is 1.04 bits per heavy atom. The number of quaternary nitrogens is 1. The van der Waals surface area contributed by atoms with Crippen LogP contribution in [0.2, 0.25) is 0 Å². The summed E-state index contributed by atoms with van der Waals surface area (Å²) in [6.07, 6.45) is 47.5. The van der Waals surface area contributed by atoms with E-state index >= 15 is 0 Å². The fraction of sp³-hybridized carbons (Fsp3) is 0.545. The fourth-order valence-corrected chi connectivity index (χ4v) is 5.05. The third-order valence-electron chi connectivity index (χ3n) is 7.33. The molecule has 0 aromatic heterocycles. The first-order valence-electron chi connectivity index (χ1n) is 19.6. The summed E-state index contributed by atoms with van der Waals surface area (Å²) in [6, 6.07) is 0. The molecule has 0 saturated carbocycles. The van der Waals surface area contributed by atoms with Crippen molar-refractivity contribution >= 4 is 19.8 Å². The van der Waals surface area contributed by atoms with Crippen LogP contribution in [-0.4, -0.2) is 74.9 Å². The van der Waals surface area contributed by atoms with E-state index < -0.39 is 32.5 Å². The monoisotopic (exact) mass is 772 g/mol. The van der Waals surface area contributed by atoms with Crippen molar-refractivity contribution in [2.45, 2.75) is 110 Å². The molecule has 304 valence electrons. The van der Waals surface area contributed by atoms with Crippen LogP contribution in [0.5, 0.6) is 0 Å². The molecule has 0 aliphatic carbocycles. The van der Waals surface area contributed by atoms with Crippen LogP contribution >= 0.6 is 7.82 Å². The second-order valence-corrected chi connectivity index (χ2v) is 15.0. The van der Waals surface area contributed by atoms with E-state index in [1.54, 1.807) is 6.08 Å². The van der Waals surface area contributed by atoms with Crippen LogP contribution in [0.4, 0.5) is 0 Å². The first kappa shape index (κ1) is 50.7. The van der Waals surface area contributed by atoms with E-state index in [4.69, 9.17) is 18.5 Å². The second-order valence-electron chi connectivity index (χ2n) is 13.6. The maximum absolute atomic E-state index is 12.6. The van der Waals surface area contributed by atoms with E-state index in [0.29, 0.717) is 23.9 Å². The number of carbonyl (C=O) groups excluding carboxylic acids is 2. The third kappa shape index (κ3) is 38.4. The van der Waals surface area contributed by atoms with Crippen LogP contribution in [0.25, 0.3) is 0 Å². The van der Waals surface area contributed by atoms with Crippen molar-refractivity contribution in [3.63, 3.8) is 0 Å². The number of rotatable bonds is 33. The Bertz CT molecular complexity index is 1280. The smallest absolute Gasteiger partial charge is 0.462 e. The highest BCUT2D eigenvalue weighted by Gasteiger charge is 2.26. The van der Waals surface area contributed by atoms with Gasteiger partial charge in [0.25, 0.3) is 0 Å². The lowest BCUT2D eigenvalue weighted by atomic mass is 10.2. The van der Waals surface area contributed by atoms with Gasteiger partial charge in [-0.1, -0.05) is 123 Å². The van der Waals surface area contributed by atoms with Crippen molar-refractivity contribution in [1.29, 1.82) is 0 Å². The molecule has 0 saturated heterocycles. The Balaban J connectivity index is 4.67. The summed E-state index contributed by atoms with van der Waals surface area (Å²) < 4.78 is 34.0. The Kier molecular flexibility index (Phi) is 33.2. The molecule has 0 aliphatic heterocycles. The molecule has 0 bridgehead atoms. The Labute approximate surface area is 327 Å². The molecule has 0 amide bonds. The Morgan fingerprint density at radius 3 is 1.50 bits per heavy atom. The second kappa shape index (κ2) is 35.4. The summed E-state index contributed by atoms with van der Waals surface area (Å²) in [4.78, 5) is 35.2. The maximum Gasteiger partial charge on any atom is 0.472 e. The summed E-state index contributed by atoms with van der Waals surface area (Å²) in [6.45, 7) is 3.98. The normalized spacial score (nSPS) is 14.9. The van der Waals surface area contributed by atoms with Gasteiger partial charge in [0.15, 0.2) is 6.10 Å². The van der Waals surface area contributed by atoms with Gasteiger partial charge in [-0.15, -0.1) is 0 Å². The first-order valence-corrected chi connectivity index (χ1v) is 21.1. The third-order valence-corrected chi connectivity index (χ3v) is 8.32. The summed E-state index contributed by atoms with van der Waals surface area (Å²) in [5, 5.41) is 0. The molecule has 10 heteroatoms. The molecule has 0 fully saturated rings. The highest BCUT2D eigenvalue weighted by Crippen LogP contribution is 2.43. The van der Waals surface area contributed by atoms with Gasteiger partial charge < -0.3 is 18.9 Å². The van der Waals surface area contributed by atoms with Crippen LogP contribution in [0.3, 0.4) is 0 Å². The number of esters is 2. The zero-order valence-electron chi connectivity index (χ0n) is 33.9. The molecule has 1 N–H and O–H groups in total. The predicted molar refractivity (Wildman–Crippen MR) is 224 cm³/mol. The molecule has 2 atom stereocenters. The van der Waals surface area contributed by atoms with Crippen molar-refractivity contribution < 1.29 is 42.1 Å². The number of likely N-dealkylation sites (N-methyl/N-ethyl adjacent to an activating group) is 1. The van der Waals surface area contributed by atoms with E-state index in [1.807, 2.05) is 33.3 Å². The van der Waals surface area contributed by atoms with Crippen LogP contribution < -0.4 is 0 Å². The average molecular weight is 773 g/mol. The molecule has 0 aromatic rings. The number of nitrogens with zero attached hydrogens (tertiary/aromatic N) is 1. The largest absolute Gasteiger partial charge is 0.472 e. The van der Waals surface area contributed by atoms with E-state index in [1.165, 1.54) is 0 Å². The summed E-state index contributed by atoms with van der Waals surface area (Å²) >= 11 is 0. The van der Waals surface area contributed by atoms with Gasteiger partial charge in [0.05, 0.1) is 34.2 Å². The number of ether oxygens (including phenoxy) is 2. The summed E-state index contributed by atoms with van der Waals surface area (Å²) in [7, 11) is 1.37. The van der Waals surface area contributed by atoms with Crippen molar-refractivity contribution in [3.05, 3.63) is 109 Å². The van der Waals surface area contributed by atoms with E-state index in [9.17, 15) is 19.0 Å². The maximum atomic E-state index is 12.6. The number of phosphoric acid groups is 1. The van der Waals surface area contributed by atoms with Crippen LogP contribution in [0.15, 0.2) is 109 Å². The van der Waals surface area contributed by atoms with Crippen LogP contribution in [0.1, 0.15) is 104 Å². The minimum atomic E-state index is -4.41. The quantitative estimate of drug-likeness (QED) is 0.0231. The molecule has 9 nitrogen and oxygen atoms in total. The number of hydrogen-bond acceptors (Lipinski definition) is 7. The average Bonchev–Trinajstić information content (AvgIpc) is 3.12. The SMILES string of the molecule is CC/C=C\C/C=C\C/C=C\C/C=C\C/C=C\CC(=O)OC(COC(=O)CCCC/C=C\C/C=C\C/C=C\C/C=C\CC)COP(=O)(O)OCC[N+](C)(C)C. The fourth-order valence-electron chi connectivity index (χ4n) is 4.31. The van der Waals surface area contributed by atoms with Crippen LogP contribution in [-0.2, 0) is 32.7 Å². The number of allylic oxidation sites excluding steroid dienone is 17. The van der Waals surface area contributed by atoms with E-state index in [0.717, 1.165) is 64.2 Å². The van der Waals surface area contributed by atoms with Gasteiger partial charge in [0.1, 0.15) is 19.8 Å². The lowest BCUT2D eigenvalue weighted by Gasteiger charge is -2.24. The van der Waals surface area contributed by atoms with Gasteiger partial charge in [-0.3, -0.25) is 18.6 Å². The zero-order chi connectivity index (χ0) is 40.0. The minimum absolute atomic E-state index is 0.00169. The lowest BCUT2D eigenvalue weighted by molar-refractivity contribution is -0.870. The highest BCUT2D eigenvalue weighted by molar-refractivity contribution is 7.47. The van der Waals surface area contributed by atoms with Gasteiger partial charge >= 0.3 is 19.8 Å². The molecule has 0 aromatic carbocycles. The molecule has 0 heterocycles. The lowest BCUT2D eigenvalue weighted by Crippen LogP contribution is -2.37. The molecular weight excluding hydrogens is 701 g/mol. The molecule has 54 heavy (non-hydrogen) atoms. The zero-order valence-corrected chi connectivity index (χ0v) is 34.8. The van der Waals surface area contributed by atoms with E-state index in [2.05, 4.69) is 105 Å². The van der Waals surface area contributed by atoms with Crippen molar-refractivity contribution in [2.24, 2.45) is 0 Å². The topological polar surface area (TPSA) is 108 Å². The van der Waals surface area contributed by atoms with Gasteiger partial charge in [0.2, 0.25) is 0 Å². The van der Waals surface area contributed by atoms with Gasteiger partial charge in [-0.05, 0) is 77.0 Å². The van der Waals surface area contributed by atoms with Crippen molar-refractivity contribution in [1.82, 2.24) is 0 Å². The number of unbranched alkanes of at least 4 members (excludes halogenated alkanes) is 2. The predicted octanol–water partition coefficient (Wildman–Crippen LogP) is 10.8. The highest BCUT2D eigenvalue weighted by atomic mass is 31.2. The van der Waals surface area contributed by atoms with Gasteiger partial charge in [0, 0.05) is 6.42 Å². The molecule has 0 spiro atoms. The Hall–Kier alpha value is -3.33. The van der Waals surface area contributed by atoms with Crippen molar-refractivity contribution in [3.8, 4) is 0 Å². The Morgan fingerprint density at radius 1 is 0.593 bits per heavy atom. The number of hydrogen-bond donors (Lipinski definition) is 1. The van der Waals surface area contributed by atoms with Gasteiger partial charge in [-0.2, -0.15) is 0 Å². The molecular formula is C44H71NO8P+. The first-order chi connectivity index (χ1) is 26.0. The van der Waals surface area contributed by atoms with Gasteiger partial charge in [-0.25, -0.2) is 4.57 Å². The molecule has 0 aliphatic rings. The number of phosphoric ester groups is 1. The van der Waals surface area contributed by atoms with Crippen LogP contribution in [0, 0.1) is 0 Å².